The monoisotopic (exact) mass is 288 g/mol. The van der Waals surface area contributed by atoms with Gasteiger partial charge < -0.3 is 4.90 Å². The Morgan fingerprint density at radius 1 is 1.14 bits per heavy atom. The van der Waals surface area contributed by atoms with Gasteiger partial charge >= 0.3 is 0 Å². The first-order valence-electron chi connectivity index (χ1n) is 8.33. The van der Waals surface area contributed by atoms with Crippen molar-refractivity contribution in [3.8, 4) is 0 Å². The summed E-state index contributed by atoms with van der Waals surface area (Å²) in [5.41, 5.74) is 2.54. The van der Waals surface area contributed by atoms with Gasteiger partial charge in [-0.25, -0.2) is 0 Å². The molecule has 0 aliphatic carbocycles. The van der Waals surface area contributed by atoms with Crippen LogP contribution in [-0.4, -0.2) is 72.0 Å². The molecule has 0 saturated carbocycles. The maximum Gasteiger partial charge on any atom is 0.0544 e. The number of likely N-dealkylation sites (N-methyl/N-ethyl adjacent to an activating group) is 1. The van der Waals surface area contributed by atoms with Gasteiger partial charge in [0.05, 0.1) is 5.69 Å². The minimum atomic E-state index is 0.758. The first-order valence-corrected chi connectivity index (χ1v) is 8.33. The molecule has 2 saturated heterocycles. The van der Waals surface area contributed by atoms with Crippen molar-refractivity contribution < 1.29 is 0 Å². The van der Waals surface area contributed by atoms with Crippen molar-refractivity contribution >= 4 is 0 Å². The molecule has 4 nitrogen and oxygen atoms in total. The van der Waals surface area contributed by atoms with E-state index >= 15 is 0 Å². The molecule has 0 bridgehead atoms. The zero-order chi connectivity index (χ0) is 14.7. The van der Waals surface area contributed by atoms with E-state index in [2.05, 4.69) is 45.8 Å². The molecule has 2 aliphatic rings. The molecule has 3 heterocycles. The first kappa shape index (κ1) is 14.9. The standard InChI is InChI=1S/C17H28N4/c1-3-15-4-5-16(18-12-15)13-20-7-6-17(14-20)21-10-8-19(2)9-11-21/h4-5,12,17H,3,6-11,13-14H2,1-2H3/t17-/m0/s1. The molecule has 21 heavy (non-hydrogen) atoms. The summed E-state index contributed by atoms with van der Waals surface area (Å²) in [6.07, 6.45) is 4.42. The lowest BCUT2D eigenvalue weighted by Crippen LogP contribution is -2.49. The molecule has 3 rings (SSSR count). The molecule has 116 valence electrons. The van der Waals surface area contributed by atoms with Crippen molar-refractivity contribution in [2.45, 2.75) is 32.4 Å². The Kier molecular flexibility index (Phi) is 4.88. The fourth-order valence-corrected chi connectivity index (χ4v) is 3.43. The number of hydrogen-bond acceptors (Lipinski definition) is 4. The quantitative estimate of drug-likeness (QED) is 0.837. The lowest BCUT2D eigenvalue weighted by molar-refractivity contribution is 0.112. The van der Waals surface area contributed by atoms with Crippen molar-refractivity contribution in [2.24, 2.45) is 0 Å². The van der Waals surface area contributed by atoms with E-state index in [1.54, 1.807) is 0 Å². The van der Waals surface area contributed by atoms with Crippen LogP contribution in [0.15, 0.2) is 18.3 Å². The molecule has 0 aromatic carbocycles. The zero-order valence-corrected chi connectivity index (χ0v) is 13.5. The minimum absolute atomic E-state index is 0.758. The number of aromatic nitrogens is 1. The van der Waals surface area contributed by atoms with E-state index in [1.807, 2.05) is 6.20 Å². The maximum atomic E-state index is 4.60. The molecule has 1 aromatic heterocycles. The topological polar surface area (TPSA) is 22.6 Å². The van der Waals surface area contributed by atoms with E-state index in [4.69, 9.17) is 0 Å². The largest absolute Gasteiger partial charge is 0.304 e. The Hall–Kier alpha value is -0.970. The zero-order valence-electron chi connectivity index (χ0n) is 13.5. The van der Waals surface area contributed by atoms with Gasteiger partial charge in [0.15, 0.2) is 0 Å². The van der Waals surface area contributed by atoms with Gasteiger partial charge in [-0.3, -0.25) is 14.8 Å². The van der Waals surface area contributed by atoms with E-state index in [1.165, 1.54) is 56.9 Å². The second-order valence-corrected chi connectivity index (χ2v) is 6.53. The average molecular weight is 288 g/mol. The van der Waals surface area contributed by atoms with Crippen molar-refractivity contribution in [2.75, 3.05) is 46.3 Å². The van der Waals surface area contributed by atoms with Gasteiger partial charge in [-0.1, -0.05) is 13.0 Å². The Morgan fingerprint density at radius 2 is 1.95 bits per heavy atom. The molecule has 0 spiro atoms. The Morgan fingerprint density at radius 3 is 2.62 bits per heavy atom. The summed E-state index contributed by atoms with van der Waals surface area (Å²) in [7, 11) is 2.23. The van der Waals surface area contributed by atoms with Crippen molar-refractivity contribution in [1.29, 1.82) is 0 Å². The third-order valence-corrected chi connectivity index (χ3v) is 4.98. The SMILES string of the molecule is CCc1ccc(CN2CC[C@H](N3CCN(C)CC3)C2)nc1. The van der Waals surface area contributed by atoms with Crippen molar-refractivity contribution in [3.63, 3.8) is 0 Å². The van der Waals surface area contributed by atoms with Crippen LogP contribution in [0.1, 0.15) is 24.6 Å². The molecule has 0 N–H and O–H groups in total. The van der Waals surface area contributed by atoms with Gasteiger partial charge in [0.2, 0.25) is 0 Å². The second kappa shape index (κ2) is 6.86. The highest BCUT2D eigenvalue weighted by molar-refractivity contribution is 5.14. The highest BCUT2D eigenvalue weighted by Gasteiger charge is 2.29. The lowest BCUT2D eigenvalue weighted by Gasteiger charge is -2.36. The number of likely N-dealkylation sites (tertiary alicyclic amines) is 1. The summed E-state index contributed by atoms with van der Waals surface area (Å²) < 4.78 is 0. The smallest absolute Gasteiger partial charge is 0.0544 e. The second-order valence-electron chi connectivity index (χ2n) is 6.53. The van der Waals surface area contributed by atoms with Crippen LogP contribution < -0.4 is 0 Å². The number of rotatable bonds is 4. The normalized spacial score (nSPS) is 25.5. The van der Waals surface area contributed by atoms with Gasteiger partial charge in [0.1, 0.15) is 0 Å². The number of pyridine rings is 1. The van der Waals surface area contributed by atoms with Crippen molar-refractivity contribution in [1.82, 2.24) is 19.7 Å². The van der Waals surface area contributed by atoms with Crippen molar-refractivity contribution in [3.05, 3.63) is 29.6 Å². The molecule has 0 radical (unpaired) electrons. The van der Waals surface area contributed by atoms with E-state index in [-0.39, 0.29) is 0 Å². The summed E-state index contributed by atoms with van der Waals surface area (Å²) in [6.45, 7) is 10.5. The number of hydrogen-bond donors (Lipinski definition) is 0. The Bertz CT molecular complexity index is 437. The van der Waals surface area contributed by atoms with Crippen LogP contribution in [0.4, 0.5) is 0 Å². The van der Waals surface area contributed by atoms with Crippen LogP contribution in [0.2, 0.25) is 0 Å². The predicted molar refractivity (Wildman–Crippen MR) is 86.4 cm³/mol. The number of nitrogens with zero attached hydrogens (tertiary/aromatic N) is 4. The Labute approximate surface area is 128 Å². The maximum absolute atomic E-state index is 4.60. The van der Waals surface area contributed by atoms with Crippen LogP contribution >= 0.6 is 0 Å². The minimum Gasteiger partial charge on any atom is -0.304 e. The van der Waals surface area contributed by atoms with E-state index in [9.17, 15) is 0 Å². The lowest BCUT2D eigenvalue weighted by atomic mass is 10.2. The van der Waals surface area contributed by atoms with E-state index < -0.39 is 0 Å². The fraction of sp³-hybridized carbons (Fsp3) is 0.706. The summed E-state index contributed by atoms with van der Waals surface area (Å²) in [5.74, 6) is 0. The molecule has 0 unspecified atom stereocenters. The van der Waals surface area contributed by atoms with Crippen LogP contribution in [0, 0.1) is 0 Å². The summed E-state index contributed by atoms with van der Waals surface area (Å²) >= 11 is 0. The molecular formula is C17H28N4. The fourth-order valence-electron chi connectivity index (χ4n) is 3.43. The van der Waals surface area contributed by atoms with Gasteiger partial charge in [0, 0.05) is 58.1 Å². The molecule has 2 fully saturated rings. The third-order valence-electron chi connectivity index (χ3n) is 4.98. The van der Waals surface area contributed by atoms with Crippen LogP contribution in [0.3, 0.4) is 0 Å². The predicted octanol–water partition coefficient (Wildman–Crippen LogP) is 1.47. The number of piperazine rings is 1. The Balaban J connectivity index is 1.50. The van der Waals surface area contributed by atoms with Crippen LogP contribution in [0.25, 0.3) is 0 Å². The van der Waals surface area contributed by atoms with Gasteiger partial charge in [-0.05, 0) is 31.5 Å². The first-order chi connectivity index (χ1) is 10.2. The van der Waals surface area contributed by atoms with E-state index in [0.717, 1.165) is 19.0 Å². The molecular weight excluding hydrogens is 260 g/mol. The molecule has 1 aromatic rings. The van der Waals surface area contributed by atoms with Gasteiger partial charge in [-0.15, -0.1) is 0 Å². The molecule has 2 aliphatic heterocycles. The molecule has 4 heteroatoms. The highest BCUT2D eigenvalue weighted by Crippen LogP contribution is 2.19. The summed E-state index contributed by atoms with van der Waals surface area (Å²) in [4.78, 5) is 12.3. The summed E-state index contributed by atoms with van der Waals surface area (Å²) in [5, 5.41) is 0. The van der Waals surface area contributed by atoms with Gasteiger partial charge in [-0.2, -0.15) is 0 Å². The highest BCUT2D eigenvalue weighted by atomic mass is 15.3. The van der Waals surface area contributed by atoms with Crippen LogP contribution in [-0.2, 0) is 13.0 Å². The summed E-state index contributed by atoms with van der Waals surface area (Å²) in [6, 6.07) is 5.17. The van der Waals surface area contributed by atoms with Crippen LogP contribution in [0.5, 0.6) is 0 Å². The molecule has 0 amide bonds. The average Bonchev–Trinajstić information content (AvgIpc) is 2.97. The van der Waals surface area contributed by atoms with Gasteiger partial charge in [0.25, 0.3) is 0 Å². The molecule has 1 atom stereocenters. The third kappa shape index (κ3) is 3.82. The van der Waals surface area contributed by atoms with E-state index in [0.29, 0.717) is 0 Å². The number of aryl methyl sites for hydroxylation is 1.